The van der Waals surface area contributed by atoms with Crippen molar-refractivity contribution in [1.29, 1.82) is 0 Å². The molecule has 1 aliphatic rings. The molecular weight excluding hydrogens is 530 g/mol. The molecule has 0 spiro atoms. The van der Waals surface area contributed by atoms with Gasteiger partial charge in [0, 0.05) is 29.8 Å². The third-order valence-electron chi connectivity index (χ3n) is 5.72. The van der Waals surface area contributed by atoms with Crippen molar-refractivity contribution in [3.8, 4) is 5.75 Å². The third-order valence-corrected chi connectivity index (χ3v) is 7.20. The van der Waals surface area contributed by atoms with E-state index in [4.69, 9.17) is 9.47 Å². The molecule has 4 rings (SSSR count). The second-order valence-corrected chi connectivity index (χ2v) is 10.1. The lowest BCUT2D eigenvalue weighted by atomic mass is 9.95. The van der Waals surface area contributed by atoms with Gasteiger partial charge in [0.1, 0.15) is 5.75 Å². The Balaban J connectivity index is 1.95. The highest BCUT2D eigenvalue weighted by Crippen LogP contribution is 2.31. The van der Waals surface area contributed by atoms with Gasteiger partial charge in [-0.1, -0.05) is 39.4 Å². The maximum atomic E-state index is 13.7. The van der Waals surface area contributed by atoms with Crippen LogP contribution in [0.1, 0.15) is 31.0 Å². The van der Waals surface area contributed by atoms with Gasteiger partial charge in [-0.05, 0) is 55.8 Å². The van der Waals surface area contributed by atoms with E-state index in [0.29, 0.717) is 26.4 Å². The molecule has 0 aliphatic carbocycles. The number of allylic oxidation sites excluding steroid dienone is 1. The van der Waals surface area contributed by atoms with Crippen LogP contribution in [0.2, 0.25) is 0 Å². The molecule has 0 radical (unpaired) electrons. The van der Waals surface area contributed by atoms with Gasteiger partial charge in [-0.2, -0.15) is 0 Å². The van der Waals surface area contributed by atoms with E-state index in [1.165, 1.54) is 11.3 Å². The first-order valence-electron chi connectivity index (χ1n) is 11.1. The number of aromatic nitrogens is 1. The summed E-state index contributed by atoms with van der Waals surface area (Å²) in [6, 6.07) is 12.8. The van der Waals surface area contributed by atoms with E-state index in [0.717, 1.165) is 21.3 Å². The van der Waals surface area contributed by atoms with Gasteiger partial charge >= 0.3 is 5.97 Å². The van der Waals surface area contributed by atoms with E-state index in [1.807, 2.05) is 61.5 Å². The average Bonchev–Trinajstić information content (AvgIpc) is 3.13. The van der Waals surface area contributed by atoms with Crippen LogP contribution in [0.15, 0.2) is 68.0 Å². The van der Waals surface area contributed by atoms with Crippen LogP contribution in [-0.2, 0) is 9.53 Å². The summed E-state index contributed by atoms with van der Waals surface area (Å²) >= 11 is 4.76. The van der Waals surface area contributed by atoms with Crippen molar-refractivity contribution in [1.82, 2.24) is 4.57 Å². The van der Waals surface area contributed by atoms with Crippen LogP contribution in [0, 0.1) is 0 Å². The quantitative estimate of drug-likeness (QED) is 0.434. The Labute approximate surface area is 215 Å². The van der Waals surface area contributed by atoms with Gasteiger partial charge in [0.15, 0.2) is 4.80 Å². The number of carbonyl (C=O) groups is 1. The van der Waals surface area contributed by atoms with Crippen LogP contribution in [0.4, 0.5) is 5.69 Å². The number of anilines is 1. The molecule has 0 unspecified atom stereocenters. The SMILES string of the molecule is CCOC(=O)C1=C(C)N=c2s/c(=C/c3cc(Br)ccc3OC)c(=O)n2[C@H]1c1ccc(N(C)C)cc1. The molecule has 1 aromatic heterocycles. The highest BCUT2D eigenvalue weighted by molar-refractivity contribution is 9.10. The lowest BCUT2D eigenvalue weighted by Gasteiger charge is -2.25. The molecule has 0 N–H and O–H groups in total. The van der Waals surface area contributed by atoms with Crippen LogP contribution in [0.3, 0.4) is 0 Å². The van der Waals surface area contributed by atoms with Gasteiger partial charge in [0.05, 0.1) is 35.6 Å². The summed E-state index contributed by atoms with van der Waals surface area (Å²) in [5.41, 5.74) is 3.26. The molecule has 3 aromatic rings. The molecule has 2 heterocycles. The van der Waals surface area contributed by atoms with E-state index >= 15 is 0 Å². The van der Waals surface area contributed by atoms with Gasteiger partial charge < -0.3 is 14.4 Å². The maximum absolute atomic E-state index is 13.7. The zero-order valence-corrected chi connectivity index (χ0v) is 22.6. The number of halogens is 1. The van der Waals surface area contributed by atoms with Crippen molar-refractivity contribution < 1.29 is 14.3 Å². The normalized spacial score (nSPS) is 15.5. The Hall–Kier alpha value is -3.17. The first kappa shape index (κ1) is 24.9. The lowest BCUT2D eigenvalue weighted by molar-refractivity contribution is -0.139. The zero-order chi connectivity index (χ0) is 25.3. The van der Waals surface area contributed by atoms with E-state index in [2.05, 4.69) is 20.9 Å². The molecule has 1 aliphatic heterocycles. The van der Waals surface area contributed by atoms with Crippen LogP contribution in [-0.4, -0.2) is 38.3 Å². The molecule has 7 nitrogen and oxygen atoms in total. The Morgan fingerprint density at radius 3 is 2.57 bits per heavy atom. The summed E-state index contributed by atoms with van der Waals surface area (Å²) in [5, 5.41) is 0. The minimum Gasteiger partial charge on any atom is -0.496 e. The number of nitrogens with zero attached hydrogens (tertiary/aromatic N) is 3. The molecule has 0 amide bonds. The number of esters is 1. The predicted molar refractivity (Wildman–Crippen MR) is 142 cm³/mol. The summed E-state index contributed by atoms with van der Waals surface area (Å²) in [4.78, 5) is 33.9. The van der Waals surface area contributed by atoms with Crippen LogP contribution < -0.4 is 24.5 Å². The number of ether oxygens (including phenoxy) is 2. The fourth-order valence-electron chi connectivity index (χ4n) is 4.02. The Kier molecular flexibility index (Phi) is 7.28. The van der Waals surface area contributed by atoms with Crippen molar-refractivity contribution in [2.75, 3.05) is 32.7 Å². The molecule has 1 atom stereocenters. The molecular formula is C26H26BrN3O4S. The summed E-state index contributed by atoms with van der Waals surface area (Å²) < 4.78 is 13.8. The second-order valence-electron chi connectivity index (χ2n) is 8.17. The number of methoxy groups -OCH3 is 1. The number of carbonyl (C=O) groups excluding carboxylic acids is 1. The van der Waals surface area contributed by atoms with Crippen molar-refractivity contribution in [3.05, 3.63) is 89.0 Å². The molecule has 0 bridgehead atoms. The van der Waals surface area contributed by atoms with Gasteiger partial charge in [-0.15, -0.1) is 0 Å². The molecule has 35 heavy (non-hydrogen) atoms. The summed E-state index contributed by atoms with van der Waals surface area (Å²) in [6.45, 7) is 3.77. The number of fused-ring (bicyclic) bond motifs is 1. The minimum absolute atomic E-state index is 0.230. The average molecular weight is 556 g/mol. The number of rotatable bonds is 6. The molecule has 182 valence electrons. The monoisotopic (exact) mass is 555 g/mol. The Bertz CT molecular complexity index is 1490. The van der Waals surface area contributed by atoms with Gasteiger partial charge in [-0.3, -0.25) is 9.36 Å². The van der Waals surface area contributed by atoms with Crippen molar-refractivity contribution in [3.63, 3.8) is 0 Å². The molecule has 2 aromatic carbocycles. The van der Waals surface area contributed by atoms with E-state index in [-0.39, 0.29) is 12.2 Å². The predicted octanol–water partition coefficient (Wildman–Crippen LogP) is 3.64. The van der Waals surface area contributed by atoms with Crippen molar-refractivity contribution in [2.45, 2.75) is 19.9 Å². The van der Waals surface area contributed by atoms with Crippen molar-refractivity contribution in [2.24, 2.45) is 4.99 Å². The fourth-order valence-corrected chi connectivity index (χ4v) is 5.44. The third kappa shape index (κ3) is 4.83. The Morgan fingerprint density at radius 1 is 1.23 bits per heavy atom. The van der Waals surface area contributed by atoms with Crippen LogP contribution in [0.25, 0.3) is 6.08 Å². The fraction of sp³-hybridized carbons (Fsp3) is 0.269. The summed E-state index contributed by atoms with van der Waals surface area (Å²) in [6.07, 6.45) is 1.79. The van der Waals surface area contributed by atoms with Gasteiger partial charge in [0.25, 0.3) is 5.56 Å². The van der Waals surface area contributed by atoms with Gasteiger partial charge in [0.2, 0.25) is 0 Å². The first-order chi connectivity index (χ1) is 16.7. The lowest BCUT2D eigenvalue weighted by Crippen LogP contribution is -2.40. The molecule has 9 heteroatoms. The highest BCUT2D eigenvalue weighted by atomic mass is 79.9. The number of thiazole rings is 1. The van der Waals surface area contributed by atoms with E-state index in [9.17, 15) is 9.59 Å². The van der Waals surface area contributed by atoms with Crippen LogP contribution >= 0.6 is 27.3 Å². The number of hydrogen-bond acceptors (Lipinski definition) is 7. The van der Waals surface area contributed by atoms with Crippen molar-refractivity contribution >= 4 is 45.0 Å². The van der Waals surface area contributed by atoms with Gasteiger partial charge in [-0.25, -0.2) is 9.79 Å². The molecule has 0 saturated carbocycles. The minimum atomic E-state index is -0.645. The Morgan fingerprint density at radius 2 is 1.94 bits per heavy atom. The summed E-state index contributed by atoms with van der Waals surface area (Å²) in [7, 11) is 5.51. The maximum Gasteiger partial charge on any atom is 0.338 e. The highest BCUT2D eigenvalue weighted by Gasteiger charge is 2.33. The number of benzene rings is 2. The summed E-state index contributed by atoms with van der Waals surface area (Å²) in [5.74, 6) is 0.177. The molecule has 0 saturated heterocycles. The van der Waals surface area contributed by atoms with E-state index in [1.54, 1.807) is 31.6 Å². The largest absolute Gasteiger partial charge is 0.496 e. The second kappa shape index (κ2) is 10.2. The number of hydrogen-bond donors (Lipinski definition) is 0. The zero-order valence-electron chi connectivity index (χ0n) is 20.2. The van der Waals surface area contributed by atoms with Crippen LogP contribution in [0.5, 0.6) is 5.75 Å². The first-order valence-corrected chi connectivity index (χ1v) is 12.7. The standard InChI is InChI=1S/C26H26BrN3O4S/c1-6-34-25(32)22-15(2)28-26-30(23(22)16-7-10-19(11-8-16)29(3)4)24(31)21(35-26)14-17-13-18(27)9-12-20(17)33-5/h7-14,23H,6H2,1-5H3/b21-14+/t23-/m0/s1. The smallest absolute Gasteiger partial charge is 0.338 e. The topological polar surface area (TPSA) is 73.1 Å². The van der Waals surface area contributed by atoms with E-state index < -0.39 is 12.0 Å². The molecule has 0 fully saturated rings.